The van der Waals surface area contributed by atoms with Crippen molar-refractivity contribution in [2.45, 2.75) is 70.4 Å². The van der Waals surface area contributed by atoms with E-state index in [-0.39, 0.29) is 18.0 Å². The molecule has 0 fully saturated rings. The lowest BCUT2D eigenvalue weighted by Crippen LogP contribution is -2.21. The van der Waals surface area contributed by atoms with E-state index >= 15 is 0 Å². The van der Waals surface area contributed by atoms with Gasteiger partial charge in [-0.3, -0.25) is 0 Å². The highest BCUT2D eigenvalue weighted by atomic mass is 35.5. The molecule has 0 radical (unpaired) electrons. The van der Waals surface area contributed by atoms with Crippen molar-refractivity contribution in [3.05, 3.63) is 110 Å². The molecular formula is C37H39ClN4O7S. The van der Waals surface area contributed by atoms with Crippen LogP contribution in [0.1, 0.15) is 57.1 Å². The monoisotopic (exact) mass is 718 g/mol. The number of hydrogen-bond acceptors (Lipinski definition) is 9. The molecule has 5 aromatic rings. The van der Waals surface area contributed by atoms with E-state index in [1.165, 1.54) is 0 Å². The number of carbonyl (C=O) groups is 1. The molecule has 0 unspecified atom stereocenters. The number of carboxylic acid groups (broad SMARTS) is 1. The minimum atomic E-state index is -1.11. The van der Waals surface area contributed by atoms with E-state index in [0.717, 1.165) is 43.7 Å². The molecule has 0 bridgehead atoms. The van der Waals surface area contributed by atoms with Crippen molar-refractivity contribution < 1.29 is 29.4 Å². The molecule has 2 heterocycles. The number of para-hydroxylation sites is 1. The molecule has 2 aromatic heterocycles. The Labute approximate surface area is 299 Å². The molecule has 0 aliphatic rings. The Hall–Kier alpha value is -4.81. The van der Waals surface area contributed by atoms with Crippen LogP contribution in [-0.2, 0) is 40.6 Å². The molecule has 0 aliphatic heterocycles. The first kappa shape index (κ1) is 36.5. The molecule has 1 N–H and O–H groups in total. The second-order valence-corrected chi connectivity index (χ2v) is 15.8. The Kier molecular flexibility index (Phi) is 11.2. The minimum Gasteiger partial charge on any atom is -0.487 e. The normalized spacial score (nSPS) is 12.1. The number of benzene rings is 3. The van der Waals surface area contributed by atoms with Crippen molar-refractivity contribution in [3.63, 3.8) is 0 Å². The van der Waals surface area contributed by atoms with Crippen molar-refractivity contribution >= 4 is 57.4 Å². The molecule has 3 aromatic carbocycles. The second-order valence-electron chi connectivity index (χ2n) is 13.5. The Morgan fingerprint density at radius 3 is 2.56 bits per heavy atom. The third-order valence-electron chi connectivity index (χ3n) is 7.65. The van der Waals surface area contributed by atoms with Crippen LogP contribution >= 0.6 is 23.4 Å². The van der Waals surface area contributed by atoms with Gasteiger partial charge in [0, 0.05) is 54.8 Å². The van der Waals surface area contributed by atoms with Gasteiger partial charge >= 0.3 is 5.97 Å². The number of halogens is 1. The lowest BCUT2D eigenvalue weighted by atomic mass is 9.89. The topological polar surface area (TPSA) is 138 Å². The summed E-state index contributed by atoms with van der Waals surface area (Å²) < 4.78 is 8.34. The third-order valence-corrected chi connectivity index (χ3v) is 9.16. The number of pyridine rings is 1. The lowest BCUT2D eigenvalue weighted by molar-refractivity contribution is -0.763. The summed E-state index contributed by atoms with van der Waals surface area (Å²) in [6.07, 6.45) is 2.12. The summed E-state index contributed by atoms with van der Waals surface area (Å²) >= 11 is 8.04. The molecule has 5 rings (SSSR count). The van der Waals surface area contributed by atoms with Crippen LogP contribution in [0.2, 0.25) is 5.02 Å². The first-order valence-electron chi connectivity index (χ1n) is 15.9. The van der Waals surface area contributed by atoms with E-state index < -0.39 is 23.1 Å². The Morgan fingerprint density at radius 1 is 1.04 bits per heavy atom. The number of thioether (sulfide) groups is 1. The number of rotatable bonds is 15. The molecule has 0 atom stereocenters. The lowest BCUT2D eigenvalue weighted by Gasteiger charge is -2.24. The van der Waals surface area contributed by atoms with Crippen molar-refractivity contribution in [3.8, 4) is 5.75 Å². The first-order valence-corrected chi connectivity index (χ1v) is 17.1. The number of fused-ring (bicyclic) bond motifs is 2. The fourth-order valence-corrected chi connectivity index (χ4v) is 6.87. The third kappa shape index (κ3) is 9.66. The van der Waals surface area contributed by atoms with Crippen molar-refractivity contribution in [2.75, 3.05) is 6.61 Å². The maximum atomic E-state index is 11.1. The SMILES string of the molecule is CC(C)(/C=N/OCC(=O)O)Cc1c(SC(C)(C)C)c2cc(OCc3ccc4ccccc4n3)ccc2n1Cc1ccc(Cl)cc1CO[N+](=O)[O-]. The van der Waals surface area contributed by atoms with Gasteiger partial charge in [-0.1, -0.05) is 81.7 Å². The number of hydrogen-bond donors (Lipinski definition) is 1. The van der Waals surface area contributed by atoms with Gasteiger partial charge in [-0.25, -0.2) is 9.78 Å². The van der Waals surface area contributed by atoms with E-state index in [4.69, 9.17) is 36.1 Å². The van der Waals surface area contributed by atoms with Crippen LogP contribution in [0, 0.1) is 15.5 Å². The average Bonchev–Trinajstić information content (AvgIpc) is 3.30. The maximum Gasteiger partial charge on any atom is 0.344 e. The van der Waals surface area contributed by atoms with E-state index in [9.17, 15) is 14.9 Å². The molecule has 262 valence electrons. The number of nitrogens with zero attached hydrogens (tertiary/aromatic N) is 4. The summed E-state index contributed by atoms with van der Waals surface area (Å²) in [5.74, 6) is -0.431. The number of carboxylic acids is 1. The van der Waals surface area contributed by atoms with E-state index in [1.807, 2.05) is 74.5 Å². The van der Waals surface area contributed by atoms with Gasteiger partial charge in [0.25, 0.3) is 5.09 Å². The zero-order valence-electron chi connectivity index (χ0n) is 28.5. The van der Waals surface area contributed by atoms with Gasteiger partial charge < -0.3 is 24.1 Å². The average molecular weight is 719 g/mol. The van der Waals surface area contributed by atoms with Gasteiger partial charge in [0.15, 0.2) is 0 Å². The molecule has 0 aliphatic carbocycles. The molecule has 0 saturated heterocycles. The number of aromatic nitrogens is 2. The van der Waals surface area contributed by atoms with Gasteiger partial charge in [0.05, 0.1) is 11.2 Å². The highest BCUT2D eigenvalue weighted by molar-refractivity contribution is 8.00. The van der Waals surface area contributed by atoms with Crippen LogP contribution in [-0.4, -0.2) is 43.3 Å². The fraction of sp³-hybridized carbons (Fsp3) is 0.324. The molecule has 11 nitrogen and oxygen atoms in total. The first-order chi connectivity index (χ1) is 23.7. The van der Waals surface area contributed by atoms with E-state index in [0.29, 0.717) is 29.3 Å². The van der Waals surface area contributed by atoms with Crippen molar-refractivity contribution in [2.24, 2.45) is 10.6 Å². The minimum absolute atomic E-state index is 0.173. The van der Waals surface area contributed by atoms with Crippen LogP contribution in [0.15, 0.2) is 82.8 Å². The van der Waals surface area contributed by atoms with Crippen LogP contribution in [0.5, 0.6) is 5.75 Å². The van der Waals surface area contributed by atoms with Gasteiger partial charge in [0.1, 0.15) is 19.0 Å². The second kappa shape index (κ2) is 15.4. The standard InChI is InChI=1S/C37H39ClN4O7S/c1-36(2,3)50-35-30-17-29(47-21-28-13-11-24-8-6-7-9-31(24)40-28)14-15-32(30)41(33(35)18-37(4,5)23-39-48-22-34(43)44)19-25-10-12-27(38)16-26(25)20-49-42(45)46/h6-17,23H,18-22H2,1-5H3,(H,43,44)/b39-23+. The summed E-state index contributed by atoms with van der Waals surface area (Å²) in [6.45, 7) is 10.3. The van der Waals surface area contributed by atoms with Gasteiger partial charge in [-0.05, 0) is 60.0 Å². The summed E-state index contributed by atoms with van der Waals surface area (Å²) in [7, 11) is 0. The highest BCUT2D eigenvalue weighted by Gasteiger charge is 2.28. The Balaban J connectivity index is 1.59. The van der Waals surface area contributed by atoms with Crippen molar-refractivity contribution in [1.29, 1.82) is 0 Å². The molecule has 0 spiro atoms. The van der Waals surface area contributed by atoms with E-state index in [1.54, 1.807) is 30.1 Å². The predicted octanol–water partition coefficient (Wildman–Crippen LogP) is 8.72. The Morgan fingerprint density at radius 2 is 1.82 bits per heavy atom. The van der Waals surface area contributed by atoms with Crippen molar-refractivity contribution in [1.82, 2.24) is 9.55 Å². The molecule has 13 heteroatoms. The van der Waals surface area contributed by atoms with Crippen LogP contribution < -0.4 is 4.74 Å². The summed E-state index contributed by atoms with van der Waals surface area (Å²) in [4.78, 5) is 37.6. The number of aliphatic carboxylic acids is 1. The maximum absolute atomic E-state index is 11.1. The molecular weight excluding hydrogens is 680 g/mol. The number of ether oxygens (including phenoxy) is 1. The van der Waals surface area contributed by atoms with Gasteiger partial charge in [-0.2, -0.15) is 0 Å². The largest absolute Gasteiger partial charge is 0.487 e. The zero-order valence-corrected chi connectivity index (χ0v) is 30.1. The quantitative estimate of drug-likeness (QED) is 0.0487. The molecule has 0 saturated carbocycles. The Bertz CT molecular complexity index is 2060. The molecule has 50 heavy (non-hydrogen) atoms. The van der Waals surface area contributed by atoms with Gasteiger partial charge in [-0.15, -0.1) is 21.9 Å². The molecule has 0 amide bonds. The highest BCUT2D eigenvalue weighted by Crippen LogP contribution is 2.44. The number of oxime groups is 1. The smallest absolute Gasteiger partial charge is 0.344 e. The van der Waals surface area contributed by atoms with Crippen LogP contribution in [0.3, 0.4) is 0 Å². The van der Waals surface area contributed by atoms with Gasteiger partial charge in [0.2, 0.25) is 6.61 Å². The summed E-state index contributed by atoms with van der Waals surface area (Å²) in [6, 6.07) is 23.2. The van der Waals surface area contributed by atoms with E-state index in [2.05, 4.69) is 30.5 Å². The zero-order chi connectivity index (χ0) is 36.1. The van der Waals surface area contributed by atoms with Crippen LogP contribution in [0.4, 0.5) is 0 Å². The predicted molar refractivity (Wildman–Crippen MR) is 196 cm³/mol. The van der Waals surface area contributed by atoms with Crippen LogP contribution in [0.25, 0.3) is 21.8 Å². The summed E-state index contributed by atoms with van der Waals surface area (Å²) in [5.41, 5.74) is 4.49. The summed E-state index contributed by atoms with van der Waals surface area (Å²) in [5, 5.41) is 25.7. The fourth-order valence-electron chi connectivity index (χ4n) is 5.49.